The van der Waals surface area contributed by atoms with Crippen LogP contribution in [0.25, 0.3) is 44.1 Å². The zero-order valence-corrected chi connectivity index (χ0v) is 22.3. The van der Waals surface area contributed by atoms with E-state index in [9.17, 15) is 4.79 Å². The second-order valence-corrected chi connectivity index (χ2v) is 9.70. The lowest BCUT2D eigenvalue weighted by atomic mass is 9.98. The SMILES string of the molecule is C1CCNC1.CC.O=c1cc(C2CCCN2)[nH]c2ccc(-c3ccc4cc(-c5cnc[nH]5)ccc4c3)cc12. The summed E-state index contributed by atoms with van der Waals surface area (Å²) in [6, 6.07) is 20.9. The Kier molecular flexibility index (Phi) is 8.31. The third-order valence-corrected chi connectivity index (χ3v) is 7.23. The number of nitrogens with zero attached hydrogens (tertiary/aromatic N) is 1. The van der Waals surface area contributed by atoms with E-state index in [2.05, 4.69) is 68.1 Å². The van der Waals surface area contributed by atoms with Gasteiger partial charge in [0.15, 0.2) is 5.43 Å². The van der Waals surface area contributed by atoms with Gasteiger partial charge in [-0.25, -0.2) is 4.98 Å². The van der Waals surface area contributed by atoms with Crippen molar-refractivity contribution in [3.63, 3.8) is 0 Å². The quantitative estimate of drug-likeness (QED) is 0.223. The molecule has 4 N–H and O–H groups in total. The van der Waals surface area contributed by atoms with Crippen LogP contribution in [0.2, 0.25) is 0 Å². The number of hydrogen-bond acceptors (Lipinski definition) is 4. The zero-order valence-electron chi connectivity index (χ0n) is 22.3. The van der Waals surface area contributed by atoms with Crippen molar-refractivity contribution in [2.45, 2.75) is 45.6 Å². The second-order valence-electron chi connectivity index (χ2n) is 9.70. The normalized spacial score (nSPS) is 16.6. The highest BCUT2D eigenvalue weighted by molar-refractivity contribution is 5.92. The minimum Gasteiger partial charge on any atom is -0.357 e. The lowest BCUT2D eigenvalue weighted by Gasteiger charge is -2.12. The standard InChI is InChI=1S/C26H22N4O.C4H9N.C2H6/c31-26-13-24(23-2-1-9-28-23)30-22-8-7-19(12-21(22)26)17-3-4-18-11-20(6-5-16(18)10-17)25-14-27-15-29-25;1-2-4-5-3-1;1-2/h3-8,10-15,23,28H,1-2,9H2,(H,27,29)(H,30,31);5H,1-4H2;1-2H3. The van der Waals surface area contributed by atoms with Crippen molar-refractivity contribution in [3.05, 3.63) is 89.1 Å². The Balaban J connectivity index is 0.000000373. The first kappa shape index (κ1) is 25.9. The lowest BCUT2D eigenvalue weighted by molar-refractivity contribution is 0.630. The summed E-state index contributed by atoms with van der Waals surface area (Å²) in [5.74, 6) is 0. The van der Waals surface area contributed by atoms with Gasteiger partial charge in [-0.2, -0.15) is 0 Å². The number of aromatic amines is 2. The van der Waals surface area contributed by atoms with Crippen LogP contribution >= 0.6 is 0 Å². The first-order valence-electron chi connectivity index (χ1n) is 13.9. The number of aromatic nitrogens is 3. The molecule has 7 rings (SSSR count). The maximum atomic E-state index is 12.8. The van der Waals surface area contributed by atoms with Crippen LogP contribution in [0.1, 0.15) is 51.3 Å². The molecule has 0 amide bonds. The minimum atomic E-state index is 0.0734. The Labute approximate surface area is 223 Å². The number of nitrogens with one attached hydrogen (secondary N) is 4. The van der Waals surface area contributed by atoms with Crippen molar-refractivity contribution in [3.8, 4) is 22.4 Å². The fourth-order valence-corrected chi connectivity index (χ4v) is 5.22. The van der Waals surface area contributed by atoms with Crippen LogP contribution in [0.3, 0.4) is 0 Å². The molecular weight excluding hydrogens is 470 g/mol. The number of hydrogen-bond donors (Lipinski definition) is 4. The molecule has 3 aromatic carbocycles. The Hall–Kier alpha value is -3.74. The maximum absolute atomic E-state index is 12.8. The Morgan fingerprint density at radius 2 is 1.50 bits per heavy atom. The third-order valence-electron chi connectivity index (χ3n) is 7.23. The van der Waals surface area contributed by atoms with Gasteiger partial charge < -0.3 is 20.6 Å². The number of benzene rings is 3. The van der Waals surface area contributed by atoms with Crippen molar-refractivity contribution < 1.29 is 0 Å². The molecule has 0 bridgehead atoms. The molecule has 2 saturated heterocycles. The molecule has 1 unspecified atom stereocenters. The Morgan fingerprint density at radius 1 is 0.789 bits per heavy atom. The van der Waals surface area contributed by atoms with Crippen LogP contribution in [-0.4, -0.2) is 34.6 Å². The largest absolute Gasteiger partial charge is 0.357 e. The molecule has 196 valence electrons. The molecule has 0 saturated carbocycles. The average molecular weight is 508 g/mol. The fraction of sp³-hybridized carbons (Fsp3) is 0.312. The molecule has 5 aromatic rings. The van der Waals surface area contributed by atoms with E-state index in [-0.39, 0.29) is 11.5 Å². The summed E-state index contributed by atoms with van der Waals surface area (Å²) in [4.78, 5) is 23.6. The molecule has 6 nitrogen and oxygen atoms in total. The summed E-state index contributed by atoms with van der Waals surface area (Å²) in [5, 5.41) is 9.74. The van der Waals surface area contributed by atoms with Gasteiger partial charge in [0, 0.05) is 34.3 Å². The van der Waals surface area contributed by atoms with Gasteiger partial charge in [0.2, 0.25) is 0 Å². The van der Waals surface area contributed by atoms with Crippen molar-refractivity contribution in [1.29, 1.82) is 0 Å². The van der Waals surface area contributed by atoms with Gasteiger partial charge in [0.05, 0.1) is 18.2 Å². The Morgan fingerprint density at radius 3 is 2.16 bits per heavy atom. The van der Waals surface area contributed by atoms with E-state index in [1.807, 2.05) is 32.2 Å². The molecule has 0 spiro atoms. The average Bonchev–Trinajstić information content (AvgIpc) is 3.79. The molecule has 2 fully saturated rings. The van der Waals surface area contributed by atoms with E-state index >= 15 is 0 Å². The maximum Gasteiger partial charge on any atom is 0.189 e. The topological polar surface area (TPSA) is 85.6 Å². The number of imidazole rings is 1. The van der Waals surface area contributed by atoms with Gasteiger partial charge in [-0.15, -0.1) is 0 Å². The third kappa shape index (κ3) is 5.72. The Bertz CT molecular complexity index is 1540. The summed E-state index contributed by atoms with van der Waals surface area (Å²) in [7, 11) is 0. The monoisotopic (exact) mass is 507 g/mol. The number of fused-ring (bicyclic) bond motifs is 2. The molecule has 2 aromatic heterocycles. The first-order chi connectivity index (χ1) is 18.7. The number of H-pyrrole nitrogens is 2. The van der Waals surface area contributed by atoms with Crippen molar-refractivity contribution in [1.82, 2.24) is 25.6 Å². The van der Waals surface area contributed by atoms with Gasteiger partial charge >= 0.3 is 0 Å². The molecule has 4 heterocycles. The fourth-order valence-electron chi connectivity index (χ4n) is 5.22. The van der Waals surface area contributed by atoms with Crippen LogP contribution in [-0.2, 0) is 0 Å². The van der Waals surface area contributed by atoms with E-state index in [4.69, 9.17) is 0 Å². The van der Waals surface area contributed by atoms with Gasteiger partial charge in [0.25, 0.3) is 0 Å². The van der Waals surface area contributed by atoms with Crippen molar-refractivity contribution in [2.75, 3.05) is 19.6 Å². The van der Waals surface area contributed by atoms with Gasteiger partial charge in [0.1, 0.15) is 0 Å². The van der Waals surface area contributed by atoms with E-state index < -0.39 is 0 Å². The number of rotatable bonds is 3. The highest BCUT2D eigenvalue weighted by Gasteiger charge is 2.18. The van der Waals surface area contributed by atoms with E-state index in [0.29, 0.717) is 0 Å². The predicted molar refractivity (Wildman–Crippen MR) is 159 cm³/mol. The summed E-state index contributed by atoms with van der Waals surface area (Å²) in [6.07, 6.45) is 8.52. The summed E-state index contributed by atoms with van der Waals surface area (Å²) < 4.78 is 0. The molecule has 1 atom stereocenters. The summed E-state index contributed by atoms with van der Waals surface area (Å²) >= 11 is 0. The molecule has 2 aliphatic heterocycles. The minimum absolute atomic E-state index is 0.0734. The van der Waals surface area contributed by atoms with Crippen LogP contribution in [0.5, 0.6) is 0 Å². The summed E-state index contributed by atoms with van der Waals surface area (Å²) in [6.45, 7) is 7.51. The molecule has 6 heteroatoms. The molecule has 0 radical (unpaired) electrons. The summed E-state index contributed by atoms with van der Waals surface area (Å²) in [5.41, 5.74) is 6.22. The van der Waals surface area contributed by atoms with Gasteiger partial charge in [-0.05, 0) is 91.5 Å². The second kappa shape index (κ2) is 12.2. The number of pyridine rings is 1. The van der Waals surface area contributed by atoms with Gasteiger partial charge in [-0.1, -0.05) is 44.2 Å². The molecular formula is C32H37N5O. The van der Waals surface area contributed by atoms with Gasteiger partial charge in [-0.3, -0.25) is 4.79 Å². The molecule has 2 aliphatic rings. The van der Waals surface area contributed by atoms with Crippen LogP contribution in [0.15, 0.2) is 78.0 Å². The smallest absolute Gasteiger partial charge is 0.189 e. The zero-order chi connectivity index (χ0) is 26.3. The van der Waals surface area contributed by atoms with Crippen LogP contribution in [0, 0.1) is 0 Å². The van der Waals surface area contributed by atoms with E-state index in [1.54, 1.807) is 12.4 Å². The highest BCUT2D eigenvalue weighted by Crippen LogP contribution is 2.29. The first-order valence-corrected chi connectivity index (χ1v) is 13.9. The predicted octanol–water partition coefficient (Wildman–Crippen LogP) is 6.56. The van der Waals surface area contributed by atoms with E-state index in [1.165, 1.54) is 31.3 Å². The van der Waals surface area contributed by atoms with Crippen molar-refractivity contribution in [2.24, 2.45) is 0 Å². The lowest BCUT2D eigenvalue weighted by Crippen LogP contribution is -2.17. The van der Waals surface area contributed by atoms with Crippen LogP contribution in [0.4, 0.5) is 0 Å². The van der Waals surface area contributed by atoms with Crippen molar-refractivity contribution >= 4 is 21.7 Å². The molecule has 38 heavy (non-hydrogen) atoms. The van der Waals surface area contributed by atoms with Crippen LogP contribution < -0.4 is 16.1 Å². The highest BCUT2D eigenvalue weighted by atomic mass is 16.1. The molecule has 0 aliphatic carbocycles. The van der Waals surface area contributed by atoms with E-state index in [0.717, 1.165) is 63.8 Å².